The predicted molar refractivity (Wildman–Crippen MR) is 33.6 cm³/mol. The van der Waals surface area contributed by atoms with Gasteiger partial charge in [0, 0.05) is 0 Å². The minimum atomic E-state index is 0.588. The molecule has 0 heterocycles. The lowest BCUT2D eigenvalue weighted by atomic mass is 10.0. The maximum atomic E-state index is 7.11. The SMILES string of the molecule is [CH+]=C1C=C[CH+]C(=N)C1. The molecule has 0 fully saturated rings. The number of hydrogen-bond acceptors (Lipinski definition) is 1. The highest BCUT2D eigenvalue weighted by atomic mass is 14.4. The smallest absolute Gasteiger partial charge is 0.174 e. The molecule has 8 heavy (non-hydrogen) atoms. The first-order valence-corrected chi connectivity index (χ1v) is 2.49. The average Bonchev–Trinajstić information content (AvgIpc) is 1.64. The first-order chi connectivity index (χ1) is 3.79. The van der Waals surface area contributed by atoms with E-state index in [4.69, 9.17) is 12.0 Å². The van der Waals surface area contributed by atoms with Gasteiger partial charge in [-0.05, 0) is 0 Å². The van der Waals surface area contributed by atoms with E-state index >= 15 is 0 Å². The van der Waals surface area contributed by atoms with E-state index in [-0.39, 0.29) is 0 Å². The lowest BCUT2D eigenvalue weighted by Crippen LogP contribution is -2.00. The summed E-state index contributed by atoms with van der Waals surface area (Å²) in [5, 5.41) is 7.11. The molecule has 0 amide bonds. The van der Waals surface area contributed by atoms with Crippen molar-refractivity contribution < 1.29 is 0 Å². The van der Waals surface area contributed by atoms with Crippen molar-refractivity contribution in [3.05, 3.63) is 30.7 Å². The normalized spacial score (nSPS) is 18.4. The van der Waals surface area contributed by atoms with Crippen LogP contribution in [0.15, 0.2) is 17.7 Å². The van der Waals surface area contributed by atoms with Crippen LogP contribution in [0.3, 0.4) is 0 Å². The molecule has 0 aliphatic heterocycles. The Morgan fingerprint density at radius 1 is 1.75 bits per heavy atom. The lowest BCUT2D eigenvalue weighted by molar-refractivity contribution is 1.27. The Morgan fingerprint density at radius 3 is 2.88 bits per heavy atom. The highest BCUT2D eigenvalue weighted by Crippen LogP contribution is 2.08. The quantitative estimate of drug-likeness (QED) is 0.452. The van der Waals surface area contributed by atoms with Gasteiger partial charge in [-0.2, -0.15) is 0 Å². The molecule has 0 aromatic heterocycles. The van der Waals surface area contributed by atoms with Gasteiger partial charge in [0.1, 0.15) is 11.8 Å². The molecular weight excluding hydrogens is 98.1 g/mol. The molecule has 38 valence electrons. The van der Waals surface area contributed by atoms with Gasteiger partial charge < -0.3 is 0 Å². The molecule has 0 aromatic carbocycles. The van der Waals surface area contributed by atoms with Gasteiger partial charge in [-0.3, -0.25) is 5.41 Å². The Morgan fingerprint density at radius 2 is 2.50 bits per heavy atom. The van der Waals surface area contributed by atoms with E-state index in [1.807, 2.05) is 6.08 Å². The van der Waals surface area contributed by atoms with Crippen molar-refractivity contribution in [2.45, 2.75) is 6.42 Å². The second-order valence-corrected chi connectivity index (χ2v) is 1.80. The van der Waals surface area contributed by atoms with Crippen molar-refractivity contribution in [2.75, 3.05) is 0 Å². The highest BCUT2D eigenvalue weighted by Gasteiger charge is 2.13. The topological polar surface area (TPSA) is 23.9 Å². The van der Waals surface area contributed by atoms with E-state index in [2.05, 4.69) is 0 Å². The monoisotopic (exact) mass is 105 g/mol. The zero-order chi connectivity index (χ0) is 5.98. The standard InChI is InChI=1S/C7H7N/c1-6-3-2-4-7(8)5-6/h1-4,8H,5H2/q+2. The Hall–Kier alpha value is -1.07. The zero-order valence-corrected chi connectivity index (χ0v) is 4.52. The van der Waals surface area contributed by atoms with E-state index < -0.39 is 0 Å². The molecule has 1 N–H and O–H groups in total. The Bertz CT molecular complexity index is 154. The maximum absolute atomic E-state index is 7.11. The summed E-state index contributed by atoms with van der Waals surface area (Å²) in [5.74, 6) is 0. The lowest BCUT2D eigenvalue weighted by Gasteiger charge is -1.92. The van der Waals surface area contributed by atoms with Crippen LogP contribution in [0.25, 0.3) is 0 Å². The van der Waals surface area contributed by atoms with E-state index in [1.165, 1.54) is 0 Å². The molecule has 1 aliphatic rings. The Labute approximate surface area is 49.2 Å². The van der Waals surface area contributed by atoms with Gasteiger partial charge in [-0.15, -0.1) is 0 Å². The van der Waals surface area contributed by atoms with E-state index in [1.54, 1.807) is 12.5 Å². The number of nitrogens with one attached hydrogen (secondary N) is 1. The first-order valence-electron chi connectivity index (χ1n) is 2.49. The highest BCUT2D eigenvalue weighted by molar-refractivity contribution is 5.94. The van der Waals surface area contributed by atoms with E-state index in [0.717, 1.165) is 5.57 Å². The number of allylic oxidation sites excluding steroid dienone is 3. The second kappa shape index (κ2) is 1.81. The van der Waals surface area contributed by atoms with Gasteiger partial charge >= 0.3 is 0 Å². The van der Waals surface area contributed by atoms with Crippen LogP contribution in [-0.4, -0.2) is 5.71 Å². The van der Waals surface area contributed by atoms with Crippen molar-refractivity contribution in [1.82, 2.24) is 0 Å². The molecule has 0 unspecified atom stereocenters. The molecule has 0 saturated carbocycles. The van der Waals surface area contributed by atoms with Crippen molar-refractivity contribution in [3.8, 4) is 0 Å². The largest absolute Gasteiger partial charge is 0.284 e. The average molecular weight is 105 g/mol. The van der Waals surface area contributed by atoms with Gasteiger partial charge in [-0.25, -0.2) is 0 Å². The summed E-state index contributed by atoms with van der Waals surface area (Å²) in [6.45, 7) is 5.39. The van der Waals surface area contributed by atoms with Crippen LogP contribution in [0.4, 0.5) is 0 Å². The van der Waals surface area contributed by atoms with Crippen LogP contribution in [0, 0.1) is 18.4 Å². The molecule has 1 rings (SSSR count). The van der Waals surface area contributed by atoms with E-state index in [9.17, 15) is 0 Å². The molecule has 0 radical (unpaired) electrons. The minimum Gasteiger partial charge on any atom is -0.284 e. The van der Waals surface area contributed by atoms with Crippen LogP contribution in [0.1, 0.15) is 6.42 Å². The van der Waals surface area contributed by atoms with Crippen LogP contribution < -0.4 is 0 Å². The van der Waals surface area contributed by atoms with E-state index in [0.29, 0.717) is 12.1 Å². The fourth-order valence-corrected chi connectivity index (χ4v) is 0.626. The molecule has 0 bridgehead atoms. The molecule has 0 spiro atoms. The molecule has 1 aliphatic carbocycles. The summed E-state index contributed by atoms with van der Waals surface area (Å²) < 4.78 is 0. The third kappa shape index (κ3) is 0.955. The molecule has 0 atom stereocenters. The van der Waals surface area contributed by atoms with Crippen LogP contribution in [0.2, 0.25) is 0 Å². The van der Waals surface area contributed by atoms with Crippen molar-refractivity contribution in [2.24, 2.45) is 0 Å². The second-order valence-electron chi connectivity index (χ2n) is 1.80. The summed E-state index contributed by atoms with van der Waals surface area (Å²) in [6.07, 6.45) is 5.96. The molecular formula is C7H7N+2. The predicted octanol–water partition coefficient (Wildman–Crippen LogP) is 1.53. The summed E-state index contributed by atoms with van der Waals surface area (Å²) in [4.78, 5) is 0. The Kier molecular flexibility index (Phi) is 1.15. The van der Waals surface area contributed by atoms with Crippen molar-refractivity contribution in [1.29, 1.82) is 5.41 Å². The van der Waals surface area contributed by atoms with Gasteiger partial charge in [0.25, 0.3) is 0 Å². The maximum Gasteiger partial charge on any atom is 0.174 e. The van der Waals surface area contributed by atoms with Crippen molar-refractivity contribution >= 4 is 5.71 Å². The van der Waals surface area contributed by atoms with Crippen LogP contribution in [-0.2, 0) is 0 Å². The summed E-state index contributed by atoms with van der Waals surface area (Å²) in [7, 11) is 0. The molecule has 0 saturated heterocycles. The number of rotatable bonds is 0. The fraction of sp³-hybridized carbons (Fsp3) is 0.143. The van der Waals surface area contributed by atoms with Gasteiger partial charge in [-0.1, -0.05) is 0 Å². The minimum absolute atomic E-state index is 0.588. The fourth-order valence-electron chi connectivity index (χ4n) is 0.626. The molecule has 1 heteroatoms. The summed E-state index contributed by atoms with van der Waals surface area (Å²) >= 11 is 0. The van der Waals surface area contributed by atoms with Gasteiger partial charge in [0.2, 0.25) is 0 Å². The van der Waals surface area contributed by atoms with Gasteiger partial charge in [0.15, 0.2) is 5.57 Å². The molecule has 0 aromatic rings. The van der Waals surface area contributed by atoms with Crippen molar-refractivity contribution in [3.63, 3.8) is 0 Å². The van der Waals surface area contributed by atoms with Crippen LogP contribution in [0.5, 0.6) is 0 Å². The zero-order valence-electron chi connectivity index (χ0n) is 4.52. The third-order valence-electron chi connectivity index (χ3n) is 1.00. The van der Waals surface area contributed by atoms with Gasteiger partial charge in [0.05, 0.1) is 25.5 Å². The third-order valence-corrected chi connectivity index (χ3v) is 1.00. The Balaban J connectivity index is 2.68. The first kappa shape index (κ1) is 5.07. The number of hydrogen-bond donors (Lipinski definition) is 1. The molecule has 1 nitrogen and oxygen atoms in total. The van der Waals surface area contributed by atoms with Crippen LogP contribution >= 0.6 is 0 Å². The summed E-state index contributed by atoms with van der Waals surface area (Å²) in [6, 6.07) is 0. The summed E-state index contributed by atoms with van der Waals surface area (Å²) in [5.41, 5.74) is 1.36.